The number of nitrogens with zero attached hydrogens (tertiary/aromatic N) is 3. The van der Waals surface area contributed by atoms with Gasteiger partial charge >= 0.3 is 0 Å². The zero-order valence-electron chi connectivity index (χ0n) is 11.4. The molecule has 0 saturated heterocycles. The highest BCUT2D eigenvalue weighted by Crippen LogP contribution is 2.45. The first-order valence-electron chi connectivity index (χ1n) is 7.32. The van der Waals surface area contributed by atoms with Crippen LogP contribution in [0, 0.1) is 11.8 Å². The van der Waals surface area contributed by atoms with Crippen molar-refractivity contribution in [2.75, 3.05) is 0 Å². The predicted molar refractivity (Wildman–Crippen MR) is 75.8 cm³/mol. The number of hydrogen-bond acceptors (Lipinski definition) is 3. The van der Waals surface area contributed by atoms with Gasteiger partial charge < -0.3 is 0 Å². The Morgan fingerprint density at radius 2 is 2.24 bits per heavy atom. The molecule has 110 valence electrons. The first-order valence-corrected chi connectivity index (χ1v) is 7.70. The van der Waals surface area contributed by atoms with Gasteiger partial charge in [0, 0.05) is 23.3 Å². The van der Waals surface area contributed by atoms with Crippen LogP contribution in [0.1, 0.15) is 54.3 Å². The molecule has 6 heteroatoms. The Kier molecular flexibility index (Phi) is 2.99. The molecule has 3 unspecified atom stereocenters. The van der Waals surface area contributed by atoms with Crippen molar-refractivity contribution in [1.29, 1.82) is 0 Å². The molecular formula is C15H15ClFN3O. The number of Topliss-reactive ketones (excluding diaryl/α,β-unsaturated/α-hetero) is 1. The summed E-state index contributed by atoms with van der Waals surface area (Å²) in [6.07, 6.45) is 7.49. The molecule has 4 rings (SSSR count). The van der Waals surface area contributed by atoms with E-state index >= 15 is 0 Å². The van der Waals surface area contributed by atoms with E-state index < -0.39 is 6.17 Å². The van der Waals surface area contributed by atoms with Crippen LogP contribution < -0.4 is 0 Å². The summed E-state index contributed by atoms with van der Waals surface area (Å²) >= 11 is 6.27. The molecule has 1 fully saturated rings. The maximum Gasteiger partial charge on any atom is 0.217 e. The van der Waals surface area contributed by atoms with Gasteiger partial charge in [-0.3, -0.25) is 4.79 Å². The lowest BCUT2D eigenvalue weighted by Crippen LogP contribution is -2.19. The summed E-state index contributed by atoms with van der Waals surface area (Å²) in [5.41, 5.74) is 0. The number of carbonyl (C=O) groups is 1. The zero-order valence-corrected chi connectivity index (χ0v) is 12.1. The summed E-state index contributed by atoms with van der Waals surface area (Å²) in [5, 5.41) is 5.02. The van der Waals surface area contributed by atoms with E-state index in [-0.39, 0.29) is 35.3 Å². The fraction of sp³-hybridized carbons (Fsp3) is 0.533. The van der Waals surface area contributed by atoms with E-state index in [1.807, 2.05) is 18.2 Å². The van der Waals surface area contributed by atoms with Crippen LogP contribution in [0.2, 0.25) is 0 Å². The molecule has 1 aliphatic heterocycles. The van der Waals surface area contributed by atoms with Crippen LogP contribution in [-0.4, -0.2) is 20.5 Å². The van der Waals surface area contributed by atoms with Crippen molar-refractivity contribution in [3.05, 3.63) is 34.9 Å². The Morgan fingerprint density at radius 1 is 1.43 bits per heavy atom. The molecule has 2 aliphatic carbocycles. The minimum Gasteiger partial charge on any atom is -0.290 e. The summed E-state index contributed by atoms with van der Waals surface area (Å²) in [5.74, 6) is 0.467. The van der Waals surface area contributed by atoms with Gasteiger partial charge in [-0.2, -0.15) is 0 Å². The Balaban J connectivity index is 1.67. The molecule has 0 N–H and O–H groups in total. The molecule has 0 amide bonds. The Labute approximate surface area is 126 Å². The molecule has 2 heterocycles. The number of allylic oxidation sites excluding steroid dienone is 4. The maximum absolute atomic E-state index is 14.2. The number of halogens is 2. The highest BCUT2D eigenvalue weighted by atomic mass is 35.5. The van der Waals surface area contributed by atoms with Gasteiger partial charge in [-0.15, -0.1) is 5.10 Å². The highest BCUT2D eigenvalue weighted by Gasteiger charge is 2.42. The van der Waals surface area contributed by atoms with Gasteiger partial charge in [0.15, 0.2) is 12.0 Å². The summed E-state index contributed by atoms with van der Waals surface area (Å²) in [7, 11) is 0. The molecule has 21 heavy (non-hydrogen) atoms. The van der Waals surface area contributed by atoms with Gasteiger partial charge in [0.2, 0.25) is 11.6 Å². The van der Waals surface area contributed by atoms with Gasteiger partial charge in [-0.1, -0.05) is 23.8 Å². The van der Waals surface area contributed by atoms with Crippen LogP contribution in [0.25, 0.3) is 0 Å². The number of alkyl halides is 1. The van der Waals surface area contributed by atoms with Crippen molar-refractivity contribution in [2.24, 2.45) is 11.8 Å². The Morgan fingerprint density at radius 3 is 2.95 bits per heavy atom. The minimum absolute atomic E-state index is 0.0155. The highest BCUT2D eigenvalue weighted by molar-refractivity contribution is 6.30. The number of hydrogen-bond donors (Lipinski definition) is 0. The summed E-state index contributed by atoms with van der Waals surface area (Å²) in [4.78, 5) is 16.2. The molecule has 1 saturated carbocycles. The van der Waals surface area contributed by atoms with Gasteiger partial charge in [0.25, 0.3) is 0 Å². The number of aromatic nitrogens is 3. The molecule has 1 aromatic heterocycles. The van der Waals surface area contributed by atoms with E-state index in [4.69, 9.17) is 11.6 Å². The average Bonchev–Trinajstić information content (AvgIpc) is 3.15. The second-order valence-corrected chi connectivity index (χ2v) is 6.41. The van der Waals surface area contributed by atoms with E-state index in [1.54, 1.807) is 4.68 Å². The lowest BCUT2D eigenvalue weighted by atomic mass is 9.91. The monoisotopic (exact) mass is 307 g/mol. The van der Waals surface area contributed by atoms with Crippen LogP contribution in [0.4, 0.5) is 4.39 Å². The maximum atomic E-state index is 14.2. The number of fused-ring (bicyclic) bond motifs is 1. The van der Waals surface area contributed by atoms with Crippen molar-refractivity contribution in [1.82, 2.24) is 14.8 Å². The third-order valence-corrected chi connectivity index (χ3v) is 4.88. The molecule has 0 bridgehead atoms. The van der Waals surface area contributed by atoms with E-state index in [0.29, 0.717) is 11.5 Å². The topological polar surface area (TPSA) is 47.8 Å². The molecule has 1 aromatic rings. The smallest absolute Gasteiger partial charge is 0.217 e. The number of carbonyl (C=O) groups excluding carboxylic acids is 1. The standard InChI is InChI=1S/C15H15ClFN3O/c16-10-4-2-1-3-9(10)12-7-11(17)15-18-14(19-20(12)15)13(21)8-5-6-8/h1-2,4,8-9,11-12H,3,5-7H2. The molecule has 3 atom stereocenters. The summed E-state index contributed by atoms with van der Waals surface area (Å²) < 4.78 is 15.8. The van der Waals surface area contributed by atoms with Crippen LogP contribution in [-0.2, 0) is 0 Å². The van der Waals surface area contributed by atoms with Gasteiger partial charge in [0.1, 0.15) is 0 Å². The van der Waals surface area contributed by atoms with E-state index in [0.717, 1.165) is 19.3 Å². The number of ketones is 1. The first kappa shape index (κ1) is 13.2. The molecule has 0 spiro atoms. The van der Waals surface area contributed by atoms with E-state index in [2.05, 4.69) is 10.1 Å². The number of rotatable bonds is 3. The van der Waals surface area contributed by atoms with Crippen LogP contribution in [0.15, 0.2) is 23.3 Å². The second-order valence-electron chi connectivity index (χ2n) is 5.97. The fourth-order valence-corrected chi connectivity index (χ4v) is 3.45. The van der Waals surface area contributed by atoms with Gasteiger partial charge in [0.05, 0.1) is 6.04 Å². The van der Waals surface area contributed by atoms with Crippen molar-refractivity contribution in [3.8, 4) is 0 Å². The zero-order chi connectivity index (χ0) is 14.6. The summed E-state index contributed by atoms with van der Waals surface area (Å²) in [6.45, 7) is 0. The van der Waals surface area contributed by atoms with Crippen LogP contribution in [0.3, 0.4) is 0 Å². The van der Waals surface area contributed by atoms with Gasteiger partial charge in [-0.05, 0) is 25.3 Å². The molecule has 0 radical (unpaired) electrons. The first-order chi connectivity index (χ1) is 10.1. The SMILES string of the molecule is O=C(c1nc2n(n1)C(C1CC=CC=C1Cl)CC2F)C1CC1. The fourth-order valence-electron chi connectivity index (χ4n) is 3.14. The Bertz CT molecular complexity index is 662. The minimum atomic E-state index is -1.17. The van der Waals surface area contributed by atoms with Crippen molar-refractivity contribution < 1.29 is 9.18 Å². The predicted octanol–water partition coefficient (Wildman–Crippen LogP) is 3.53. The van der Waals surface area contributed by atoms with Crippen molar-refractivity contribution in [3.63, 3.8) is 0 Å². The van der Waals surface area contributed by atoms with Crippen molar-refractivity contribution >= 4 is 17.4 Å². The van der Waals surface area contributed by atoms with Crippen LogP contribution in [0.5, 0.6) is 0 Å². The summed E-state index contributed by atoms with van der Waals surface area (Å²) in [6, 6.07) is -0.156. The lowest BCUT2D eigenvalue weighted by molar-refractivity contribution is 0.0956. The Hall–Kier alpha value is -1.49. The van der Waals surface area contributed by atoms with E-state index in [1.165, 1.54) is 0 Å². The quantitative estimate of drug-likeness (QED) is 0.803. The molecule has 3 aliphatic rings. The van der Waals surface area contributed by atoms with Crippen molar-refractivity contribution in [2.45, 2.75) is 37.9 Å². The molecular weight excluding hydrogens is 293 g/mol. The van der Waals surface area contributed by atoms with Gasteiger partial charge in [-0.25, -0.2) is 14.1 Å². The largest absolute Gasteiger partial charge is 0.290 e. The molecule has 0 aromatic carbocycles. The lowest BCUT2D eigenvalue weighted by Gasteiger charge is -2.24. The van der Waals surface area contributed by atoms with E-state index in [9.17, 15) is 9.18 Å². The third kappa shape index (κ3) is 2.14. The van der Waals surface area contributed by atoms with Crippen LogP contribution >= 0.6 is 11.6 Å². The third-order valence-electron chi connectivity index (χ3n) is 4.47. The average molecular weight is 308 g/mol. The normalized spacial score (nSPS) is 31.1. The molecule has 4 nitrogen and oxygen atoms in total. The second kappa shape index (κ2) is 4.77.